The molecule has 3 aromatic rings. The lowest BCUT2D eigenvalue weighted by Gasteiger charge is -2.43. The molecule has 1 atom stereocenters. The standard InChI is InChI=1S/C23H25N3O2/c1-2-20(28)23(17-27,25-14-8-4-9-15-25)21-19-13-7-10-16-26(19)24-22(21)18-11-5-3-6-12-18/h2-3,5-7,10-13,16,27H,1,4,8-9,14-15,17H2. The minimum absolute atomic E-state index is 0.187. The molecule has 1 fully saturated rings. The van der Waals surface area contributed by atoms with Gasteiger partial charge in [-0.25, -0.2) is 4.52 Å². The summed E-state index contributed by atoms with van der Waals surface area (Å²) in [6.45, 7) is 4.96. The summed E-state index contributed by atoms with van der Waals surface area (Å²) in [4.78, 5) is 15.5. The number of hydrogen-bond donors (Lipinski definition) is 1. The normalized spacial score (nSPS) is 17.3. The Hall–Kier alpha value is -2.76. The number of nitrogens with zero attached hydrogens (tertiary/aromatic N) is 3. The molecule has 0 spiro atoms. The highest BCUT2D eigenvalue weighted by Crippen LogP contribution is 2.40. The zero-order chi connectivity index (χ0) is 19.6. The topological polar surface area (TPSA) is 57.8 Å². The fraction of sp³-hybridized carbons (Fsp3) is 0.304. The van der Waals surface area contributed by atoms with Crippen LogP contribution >= 0.6 is 0 Å². The van der Waals surface area contributed by atoms with Crippen molar-refractivity contribution >= 4 is 11.3 Å². The molecule has 1 saturated heterocycles. The van der Waals surface area contributed by atoms with E-state index in [1.54, 1.807) is 4.52 Å². The fourth-order valence-electron chi connectivity index (χ4n) is 4.34. The molecule has 2 aromatic heterocycles. The molecule has 0 saturated carbocycles. The van der Waals surface area contributed by atoms with E-state index in [-0.39, 0.29) is 12.4 Å². The molecule has 1 aliphatic heterocycles. The predicted molar refractivity (Wildman–Crippen MR) is 110 cm³/mol. The third-order valence-electron chi connectivity index (χ3n) is 5.72. The van der Waals surface area contributed by atoms with Gasteiger partial charge in [0.05, 0.1) is 17.8 Å². The number of piperidine rings is 1. The van der Waals surface area contributed by atoms with Crippen LogP contribution in [0.25, 0.3) is 16.8 Å². The zero-order valence-corrected chi connectivity index (χ0v) is 15.9. The first kappa shape index (κ1) is 18.6. The summed E-state index contributed by atoms with van der Waals surface area (Å²) in [7, 11) is 0. The van der Waals surface area contributed by atoms with Crippen molar-refractivity contribution in [2.45, 2.75) is 24.8 Å². The maximum Gasteiger partial charge on any atom is 0.182 e. The van der Waals surface area contributed by atoms with Crippen LogP contribution in [0.15, 0.2) is 67.4 Å². The van der Waals surface area contributed by atoms with Crippen molar-refractivity contribution in [1.82, 2.24) is 14.5 Å². The van der Waals surface area contributed by atoms with Crippen LogP contribution in [0.3, 0.4) is 0 Å². The molecule has 4 rings (SSSR count). The molecule has 1 aromatic carbocycles. The van der Waals surface area contributed by atoms with E-state index in [9.17, 15) is 9.90 Å². The number of carbonyl (C=O) groups excluding carboxylic acids is 1. The smallest absolute Gasteiger partial charge is 0.182 e. The Morgan fingerprint density at radius 2 is 1.82 bits per heavy atom. The van der Waals surface area contributed by atoms with Gasteiger partial charge in [0.15, 0.2) is 5.78 Å². The van der Waals surface area contributed by atoms with Gasteiger partial charge in [-0.3, -0.25) is 9.69 Å². The van der Waals surface area contributed by atoms with E-state index in [2.05, 4.69) is 11.5 Å². The third-order valence-corrected chi connectivity index (χ3v) is 5.72. The maximum atomic E-state index is 13.3. The summed E-state index contributed by atoms with van der Waals surface area (Å²) in [6.07, 6.45) is 6.37. The van der Waals surface area contributed by atoms with Gasteiger partial charge >= 0.3 is 0 Å². The Balaban J connectivity index is 2.05. The van der Waals surface area contributed by atoms with Crippen LogP contribution in [-0.2, 0) is 10.3 Å². The first-order chi connectivity index (χ1) is 13.7. The van der Waals surface area contributed by atoms with Crippen LogP contribution in [0.2, 0.25) is 0 Å². The second-order valence-corrected chi connectivity index (χ2v) is 7.25. The van der Waals surface area contributed by atoms with Crippen LogP contribution in [0.5, 0.6) is 0 Å². The maximum absolute atomic E-state index is 13.3. The Morgan fingerprint density at radius 3 is 2.50 bits per heavy atom. The van der Waals surface area contributed by atoms with Crippen molar-refractivity contribution in [2.24, 2.45) is 0 Å². The SMILES string of the molecule is C=CC(=O)C(CO)(c1c(-c2ccccc2)nn2ccccc12)N1CCCCC1. The predicted octanol–water partition coefficient (Wildman–Crippen LogP) is 3.43. The lowest BCUT2D eigenvalue weighted by molar-refractivity contribution is -0.131. The number of carbonyl (C=O) groups is 1. The summed E-state index contributed by atoms with van der Waals surface area (Å²) in [5, 5.41) is 15.5. The number of ketones is 1. The van der Waals surface area contributed by atoms with Crippen LogP contribution in [0, 0.1) is 0 Å². The van der Waals surface area contributed by atoms with Crippen LogP contribution < -0.4 is 0 Å². The number of likely N-dealkylation sites (tertiary alicyclic amines) is 1. The highest BCUT2D eigenvalue weighted by molar-refractivity contribution is 6.01. The zero-order valence-electron chi connectivity index (χ0n) is 15.9. The lowest BCUT2D eigenvalue weighted by atomic mass is 9.80. The van der Waals surface area contributed by atoms with E-state index >= 15 is 0 Å². The Bertz CT molecular complexity index is 990. The molecular weight excluding hydrogens is 350 g/mol. The Morgan fingerprint density at radius 1 is 1.11 bits per heavy atom. The summed E-state index contributed by atoms with van der Waals surface area (Å²) in [5.74, 6) is -0.187. The molecule has 144 valence electrons. The molecule has 1 N–H and O–H groups in total. The molecule has 0 amide bonds. The molecule has 5 nitrogen and oxygen atoms in total. The van der Waals surface area contributed by atoms with Gasteiger partial charge in [0.1, 0.15) is 5.54 Å². The van der Waals surface area contributed by atoms with Crippen molar-refractivity contribution in [3.8, 4) is 11.3 Å². The first-order valence-corrected chi connectivity index (χ1v) is 9.78. The van der Waals surface area contributed by atoms with Gasteiger partial charge in [-0.05, 0) is 44.1 Å². The average molecular weight is 375 g/mol. The molecule has 0 bridgehead atoms. The number of aliphatic hydroxyl groups excluding tert-OH is 1. The van der Waals surface area contributed by atoms with Gasteiger partial charge < -0.3 is 5.11 Å². The largest absolute Gasteiger partial charge is 0.394 e. The van der Waals surface area contributed by atoms with Gasteiger partial charge in [-0.1, -0.05) is 49.4 Å². The molecule has 3 heterocycles. The molecule has 5 heteroatoms. The minimum atomic E-state index is -1.18. The summed E-state index contributed by atoms with van der Waals surface area (Å²) in [5.41, 5.74) is 2.05. The number of hydrogen-bond acceptors (Lipinski definition) is 4. The number of aromatic nitrogens is 2. The van der Waals surface area contributed by atoms with Gasteiger partial charge in [-0.15, -0.1) is 0 Å². The second kappa shape index (κ2) is 7.70. The third kappa shape index (κ3) is 2.87. The van der Waals surface area contributed by atoms with Gasteiger partial charge in [0.2, 0.25) is 0 Å². The number of fused-ring (bicyclic) bond motifs is 1. The quantitative estimate of drug-likeness (QED) is 0.671. The number of pyridine rings is 1. The Kier molecular flexibility index (Phi) is 5.11. The second-order valence-electron chi connectivity index (χ2n) is 7.25. The van der Waals surface area contributed by atoms with Gasteiger partial charge in [-0.2, -0.15) is 5.10 Å². The average Bonchev–Trinajstić information content (AvgIpc) is 3.16. The number of aliphatic hydroxyl groups is 1. The van der Waals surface area contributed by atoms with E-state index in [0.29, 0.717) is 0 Å². The highest BCUT2D eigenvalue weighted by atomic mass is 16.3. The molecule has 0 aliphatic carbocycles. The van der Waals surface area contributed by atoms with Crippen molar-refractivity contribution in [1.29, 1.82) is 0 Å². The first-order valence-electron chi connectivity index (χ1n) is 9.78. The van der Waals surface area contributed by atoms with Crippen molar-refractivity contribution in [3.05, 3.63) is 72.9 Å². The fourth-order valence-corrected chi connectivity index (χ4v) is 4.34. The lowest BCUT2D eigenvalue weighted by Crippen LogP contribution is -2.56. The minimum Gasteiger partial charge on any atom is -0.394 e. The van der Waals surface area contributed by atoms with Gasteiger partial charge in [0, 0.05) is 17.3 Å². The van der Waals surface area contributed by atoms with E-state index in [0.717, 1.165) is 54.7 Å². The van der Waals surface area contributed by atoms with Crippen LogP contribution in [-0.4, -0.2) is 45.1 Å². The number of benzene rings is 1. The molecule has 1 aliphatic rings. The highest BCUT2D eigenvalue weighted by Gasteiger charge is 2.47. The van der Waals surface area contributed by atoms with Gasteiger partial charge in [0.25, 0.3) is 0 Å². The van der Waals surface area contributed by atoms with Crippen molar-refractivity contribution in [3.63, 3.8) is 0 Å². The molecular formula is C23H25N3O2. The monoisotopic (exact) mass is 375 g/mol. The number of rotatable bonds is 6. The molecule has 28 heavy (non-hydrogen) atoms. The van der Waals surface area contributed by atoms with Crippen molar-refractivity contribution < 1.29 is 9.90 Å². The van der Waals surface area contributed by atoms with Crippen LogP contribution in [0.1, 0.15) is 24.8 Å². The summed E-state index contributed by atoms with van der Waals surface area (Å²) in [6, 6.07) is 15.7. The Labute approximate surface area is 164 Å². The summed E-state index contributed by atoms with van der Waals surface area (Å²) < 4.78 is 1.79. The van der Waals surface area contributed by atoms with E-state index in [1.165, 1.54) is 6.08 Å². The van der Waals surface area contributed by atoms with E-state index in [1.807, 2.05) is 54.7 Å². The molecule has 0 radical (unpaired) electrons. The van der Waals surface area contributed by atoms with E-state index < -0.39 is 5.54 Å². The van der Waals surface area contributed by atoms with Crippen LogP contribution in [0.4, 0.5) is 0 Å². The van der Waals surface area contributed by atoms with E-state index in [4.69, 9.17) is 5.10 Å². The summed E-state index contributed by atoms with van der Waals surface area (Å²) >= 11 is 0. The van der Waals surface area contributed by atoms with Crippen molar-refractivity contribution in [2.75, 3.05) is 19.7 Å². The molecule has 1 unspecified atom stereocenters.